The minimum atomic E-state index is -3.73. The Kier molecular flexibility index (Phi) is 2.51. The molecule has 0 radical (unpaired) electrons. The van der Waals surface area contributed by atoms with Crippen molar-refractivity contribution >= 4 is 10.0 Å². The van der Waals surface area contributed by atoms with Crippen LogP contribution in [0.4, 0.5) is 0 Å². The second kappa shape index (κ2) is 3.57. The average Bonchev–Trinajstić information content (AvgIpc) is 2.95. The van der Waals surface area contributed by atoms with Gasteiger partial charge in [-0.15, -0.1) is 0 Å². The van der Waals surface area contributed by atoms with Gasteiger partial charge in [-0.1, -0.05) is 18.2 Å². The first-order valence-electron chi connectivity index (χ1n) is 4.42. The van der Waals surface area contributed by atoms with Crippen LogP contribution >= 0.6 is 0 Å². The van der Waals surface area contributed by atoms with Gasteiger partial charge in [0.2, 0.25) is 10.0 Å². The van der Waals surface area contributed by atoms with Crippen LogP contribution in [0.5, 0.6) is 0 Å². The van der Waals surface area contributed by atoms with Gasteiger partial charge in [0.1, 0.15) is 12.2 Å². The van der Waals surface area contributed by atoms with Gasteiger partial charge in [-0.05, 0) is 6.07 Å². The molecule has 6 heteroatoms. The van der Waals surface area contributed by atoms with Crippen molar-refractivity contribution in [3.05, 3.63) is 29.8 Å². The second-order valence-corrected chi connectivity index (χ2v) is 4.89. The molecule has 0 bridgehead atoms. The lowest BCUT2D eigenvalue weighted by atomic mass is 10.1. The Morgan fingerprint density at radius 3 is 2.60 bits per heavy atom. The number of sulfonamides is 1. The largest absolute Gasteiger partial charge is 0.394 e. The molecule has 1 fully saturated rings. The Morgan fingerprint density at radius 1 is 1.40 bits per heavy atom. The molecule has 2 atom stereocenters. The van der Waals surface area contributed by atoms with E-state index in [0.717, 1.165) is 0 Å². The van der Waals surface area contributed by atoms with Crippen molar-refractivity contribution < 1.29 is 18.3 Å². The summed E-state index contributed by atoms with van der Waals surface area (Å²) in [6.07, 6.45) is -0.669. The number of aliphatic hydroxyl groups is 1. The normalized spacial score (nSPS) is 25.2. The highest BCUT2D eigenvalue weighted by Gasteiger charge is 2.41. The smallest absolute Gasteiger partial charge is 0.238 e. The predicted octanol–water partition coefficient (Wildman–Crippen LogP) is -0.234. The van der Waals surface area contributed by atoms with Crippen molar-refractivity contribution in [2.75, 3.05) is 6.61 Å². The van der Waals surface area contributed by atoms with Gasteiger partial charge in [0.05, 0.1) is 11.5 Å². The molecule has 0 amide bonds. The number of benzene rings is 1. The van der Waals surface area contributed by atoms with E-state index in [1.54, 1.807) is 18.2 Å². The summed E-state index contributed by atoms with van der Waals surface area (Å²) in [5, 5.41) is 13.9. The van der Waals surface area contributed by atoms with Crippen molar-refractivity contribution in [1.82, 2.24) is 0 Å². The predicted molar refractivity (Wildman–Crippen MR) is 52.5 cm³/mol. The van der Waals surface area contributed by atoms with Gasteiger partial charge in [0.25, 0.3) is 0 Å². The third-order valence-electron chi connectivity index (χ3n) is 2.29. The molecule has 1 aromatic carbocycles. The minimum Gasteiger partial charge on any atom is -0.394 e. The first-order chi connectivity index (χ1) is 7.04. The maximum Gasteiger partial charge on any atom is 0.238 e. The van der Waals surface area contributed by atoms with Gasteiger partial charge >= 0.3 is 0 Å². The Hall–Kier alpha value is -0.950. The minimum absolute atomic E-state index is 0.0611. The molecule has 1 aliphatic rings. The molecule has 3 N–H and O–H groups in total. The van der Waals surface area contributed by atoms with Gasteiger partial charge in [-0.3, -0.25) is 0 Å². The first-order valence-corrected chi connectivity index (χ1v) is 5.96. The lowest BCUT2D eigenvalue weighted by Crippen LogP contribution is -2.14. The van der Waals surface area contributed by atoms with Crippen LogP contribution in [0.2, 0.25) is 0 Å². The van der Waals surface area contributed by atoms with E-state index in [2.05, 4.69) is 0 Å². The Bertz CT molecular complexity index is 471. The maximum absolute atomic E-state index is 11.2. The number of rotatable bonds is 3. The Balaban J connectivity index is 2.41. The lowest BCUT2D eigenvalue weighted by molar-refractivity contribution is 0.242. The first kappa shape index (κ1) is 10.6. The molecule has 1 saturated heterocycles. The molecular weight excluding hydrogens is 218 g/mol. The zero-order chi connectivity index (χ0) is 11.1. The summed E-state index contributed by atoms with van der Waals surface area (Å²) in [5.41, 5.74) is 0.513. The fourth-order valence-electron chi connectivity index (χ4n) is 1.53. The quantitative estimate of drug-likeness (QED) is 0.700. The van der Waals surface area contributed by atoms with Gasteiger partial charge < -0.3 is 9.84 Å². The van der Waals surface area contributed by atoms with E-state index in [0.29, 0.717) is 5.56 Å². The summed E-state index contributed by atoms with van der Waals surface area (Å²) in [6, 6.07) is 6.38. The third-order valence-corrected chi connectivity index (χ3v) is 3.28. The van der Waals surface area contributed by atoms with Crippen LogP contribution in [0.1, 0.15) is 11.7 Å². The number of nitrogens with two attached hydrogens (primary N) is 1. The van der Waals surface area contributed by atoms with Crippen LogP contribution in [-0.4, -0.2) is 26.2 Å². The van der Waals surface area contributed by atoms with Crippen LogP contribution in [0.3, 0.4) is 0 Å². The van der Waals surface area contributed by atoms with E-state index in [-0.39, 0.29) is 23.7 Å². The Labute approximate surface area is 87.5 Å². The summed E-state index contributed by atoms with van der Waals surface area (Å²) >= 11 is 0. The molecule has 1 aliphatic heterocycles. The molecule has 0 aliphatic carbocycles. The zero-order valence-electron chi connectivity index (χ0n) is 7.83. The van der Waals surface area contributed by atoms with E-state index in [9.17, 15) is 8.42 Å². The monoisotopic (exact) mass is 229 g/mol. The fraction of sp³-hybridized carbons (Fsp3) is 0.333. The highest BCUT2D eigenvalue weighted by molar-refractivity contribution is 7.89. The molecule has 5 nitrogen and oxygen atoms in total. The molecule has 0 spiro atoms. The van der Waals surface area contributed by atoms with Crippen LogP contribution in [0.25, 0.3) is 0 Å². The summed E-state index contributed by atoms with van der Waals surface area (Å²) in [5.74, 6) is 0. The van der Waals surface area contributed by atoms with E-state index < -0.39 is 10.0 Å². The van der Waals surface area contributed by atoms with Gasteiger partial charge in [-0.2, -0.15) is 0 Å². The van der Waals surface area contributed by atoms with Crippen molar-refractivity contribution in [3.8, 4) is 0 Å². The molecule has 82 valence electrons. The Morgan fingerprint density at radius 2 is 2.07 bits per heavy atom. The summed E-state index contributed by atoms with van der Waals surface area (Å²) < 4.78 is 27.6. The zero-order valence-corrected chi connectivity index (χ0v) is 8.65. The fourth-order valence-corrected chi connectivity index (χ4v) is 2.31. The average molecular weight is 229 g/mol. The van der Waals surface area contributed by atoms with E-state index in [1.807, 2.05) is 0 Å². The van der Waals surface area contributed by atoms with Crippen LogP contribution in [0.15, 0.2) is 29.2 Å². The van der Waals surface area contributed by atoms with Crippen LogP contribution in [-0.2, 0) is 14.8 Å². The second-order valence-electron chi connectivity index (χ2n) is 3.36. The van der Waals surface area contributed by atoms with Gasteiger partial charge in [0, 0.05) is 5.56 Å². The van der Waals surface area contributed by atoms with Crippen molar-refractivity contribution in [2.45, 2.75) is 17.1 Å². The molecule has 0 aromatic heterocycles. The summed E-state index contributed by atoms with van der Waals surface area (Å²) in [7, 11) is -3.73. The molecular formula is C9H11NO4S. The topological polar surface area (TPSA) is 92.9 Å². The number of aliphatic hydroxyl groups excluding tert-OH is 1. The molecule has 1 aromatic rings. The number of hydrogen-bond donors (Lipinski definition) is 2. The molecule has 0 unspecified atom stereocenters. The van der Waals surface area contributed by atoms with Gasteiger partial charge in [0.15, 0.2) is 0 Å². The van der Waals surface area contributed by atoms with E-state index >= 15 is 0 Å². The van der Waals surface area contributed by atoms with Crippen molar-refractivity contribution in [3.63, 3.8) is 0 Å². The standard InChI is InChI=1S/C9H11NO4S/c10-15(12,13)8-4-2-1-3-6(8)9-7(5-11)14-9/h1-4,7,9,11H,5H2,(H2,10,12,13)/t7-,9-/m0/s1. The molecule has 0 saturated carbocycles. The number of primary sulfonamides is 1. The van der Waals surface area contributed by atoms with Crippen molar-refractivity contribution in [2.24, 2.45) is 5.14 Å². The molecule has 15 heavy (non-hydrogen) atoms. The highest BCUT2D eigenvalue weighted by Crippen LogP contribution is 2.40. The van der Waals surface area contributed by atoms with Crippen molar-refractivity contribution in [1.29, 1.82) is 0 Å². The number of epoxide rings is 1. The van der Waals surface area contributed by atoms with Crippen LogP contribution < -0.4 is 5.14 Å². The van der Waals surface area contributed by atoms with E-state index in [4.69, 9.17) is 15.0 Å². The van der Waals surface area contributed by atoms with Crippen LogP contribution in [0, 0.1) is 0 Å². The summed E-state index contributed by atoms with van der Waals surface area (Å²) in [4.78, 5) is 0.0611. The highest BCUT2D eigenvalue weighted by atomic mass is 32.2. The van der Waals surface area contributed by atoms with E-state index in [1.165, 1.54) is 6.07 Å². The van der Waals surface area contributed by atoms with Gasteiger partial charge in [-0.25, -0.2) is 13.6 Å². The molecule has 2 rings (SSSR count). The number of hydrogen-bond acceptors (Lipinski definition) is 4. The third kappa shape index (κ3) is 2.03. The SMILES string of the molecule is NS(=O)(=O)c1ccccc1[C@@H]1O[C@H]1CO. The maximum atomic E-state index is 11.2. The number of ether oxygens (including phenoxy) is 1. The molecule has 1 heterocycles. The summed E-state index contributed by atoms with van der Waals surface area (Å²) in [6.45, 7) is -0.121. The lowest BCUT2D eigenvalue weighted by Gasteiger charge is -2.03.